The van der Waals surface area contributed by atoms with Crippen LogP contribution in [-0.4, -0.2) is 37.4 Å². The fourth-order valence-electron chi connectivity index (χ4n) is 0.922. The minimum absolute atomic E-state index is 0.429. The number of carboxylic acid groups (broad SMARTS) is 1. The van der Waals surface area contributed by atoms with E-state index >= 15 is 0 Å². The third kappa shape index (κ3) is 2.91. The van der Waals surface area contributed by atoms with Gasteiger partial charge in [-0.3, -0.25) is 0 Å². The average Bonchev–Trinajstić information content (AvgIpc) is 2.14. The fraction of sp³-hybridized carbons (Fsp3) is 0.222. The van der Waals surface area contributed by atoms with Crippen LogP contribution in [0.25, 0.3) is 0 Å². The van der Waals surface area contributed by atoms with Gasteiger partial charge in [-0.1, -0.05) is 17.1 Å². The molecule has 0 atom stereocenters. The number of rotatable bonds is 5. The van der Waals surface area contributed by atoms with E-state index < -0.39 is 14.2 Å². The molecule has 0 aromatic heterocycles. The van der Waals surface area contributed by atoms with E-state index in [1.807, 2.05) is 0 Å². The van der Waals surface area contributed by atoms with E-state index in [1.54, 1.807) is 17.1 Å². The van der Waals surface area contributed by atoms with Gasteiger partial charge in [-0.25, -0.2) is 4.79 Å². The fourth-order valence-corrected chi connectivity index (χ4v) is 2.77. The summed E-state index contributed by atoms with van der Waals surface area (Å²) in [4.78, 5) is 11.8. The van der Waals surface area contributed by atoms with Gasteiger partial charge in [0.15, 0.2) is 0 Å². The number of amides is 1. The van der Waals surface area contributed by atoms with Crippen LogP contribution in [0.4, 0.5) is 4.79 Å². The van der Waals surface area contributed by atoms with E-state index in [2.05, 4.69) is 19.7 Å². The quantitative estimate of drug-likeness (QED) is 0.682. The van der Waals surface area contributed by atoms with Gasteiger partial charge in [0.2, 0.25) is 0 Å². The molecule has 0 saturated carbocycles. The monoisotopic (exact) mass is 197 g/mol. The molecule has 0 saturated heterocycles. The maximum absolute atomic E-state index is 10.6. The van der Waals surface area contributed by atoms with Gasteiger partial charge in [-0.05, 0) is 0 Å². The van der Waals surface area contributed by atoms with Crippen molar-refractivity contribution in [2.75, 3.05) is 13.2 Å². The van der Waals surface area contributed by atoms with Crippen LogP contribution in [-0.2, 0) is 0 Å². The molecule has 0 aromatic carbocycles. The average molecular weight is 197 g/mol. The van der Waals surface area contributed by atoms with Crippen molar-refractivity contribution in [3.63, 3.8) is 0 Å². The van der Waals surface area contributed by atoms with Crippen molar-refractivity contribution in [3.05, 3.63) is 36.8 Å². The van der Waals surface area contributed by atoms with Crippen LogP contribution in [0, 0.1) is 0 Å². The van der Waals surface area contributed by atoms with Crippen molar-refractivity contribution < 1.29 is 9.90 Å². The lowest BCUT2D eigenvalue weighted by Gasteiger charge is -2.24. The zero-order valence-corrected chi connectivity index (χ0v) is 8.86. The first-order valence-electron chi connectivity index (χ1n) is 3.86. The first kappa shape index (κ1) is 11.7. The second kappa shape index (κ2) is 4.66. The maximum Gasteiger partial charge on any atom is 0.406 e. The van der Waals surface area contributed by atoms with Gasteiger partial charge in [0.25, 0.3) is 0 Å². The molecule has 0 aliphatic rings. The summed E-state index contributed by atoms with van der Waals surface area (Å²) in [5.74, 6) is 0. The van der Waals surface area contributed by atoms with Gasteiger partial charge in [0.1, 0.15) is 8.07 Å². The summed E-state index contributed by atoms with van der Waals surface area (Å²) in [6.45, 7) is 11.1. The van der Waals surface area contributed by atoms with Gasteiger partial charge < -0.3 is 10.0 Å². The molecule has 13 heavy (non-hydrogen) atoms. The Labute approximate surface area is 79.7 Å². The predicted octanol–water partition coefficient (Wildman–Crippen LogP) is 1.76. The van der Waals surface area contributed by atoms with E-state index in [1.165, 1.54) is 11.9 Å². The predicted molar refractivity (Wildman–Crippen MR) is 57.0 cm³/mol. The molecule has 4 heteroatoms. The van der Waals surface area contributed by atoms with E-state index in [-0.39, 0.29) is 0 Å². The van der Waals surface area contributed by atoms with Gasteiger partial charge in [-0.15, -0.1) is 19.7 Å². The molecule has 0 aliphatic carbocycles. The summed E-state index contributed by atoms with van der Waals surface area (Å²) in [5, 5.41) is 8.68. The Hall–Kier alpha value is -1.29. The summed E-state index contributed by atoms with van der Waals surface area (Å²) >= 11 is 0. The lowest BCUT2D eigenvalue weighted by Crippen LogP contribution is -2.43. The van der Waals surface area contributed by atoms with Crippen LogP contribution in [0.2, 0.25) is 0 Å². The van der Waals surface area contributed by atoms with Crippen molar-refractivity contribution in [2.24, 2.45) is 0 Å². The number of hydrogen-bond donors (Lipinski definition) is 1. The molecule has 3 nitrogen and oxygen atoms in total. The van der Waals surface area contributed by atoms with E-state index in [0.717, 1.165) is 0 Å². The Morgan fingerprint density at radius 2 is 1.77 bits per heavy atom. The van der Waals surface area contributed by atoms with Crippen LogP contribution in [0.5, 0.6) is 0 Å². The van der Waals surface area contributed by atoms with Crippen LogP contribution >= 0.6 is 0 Å². The highest BCUT2D eigenvalue weighted by molar-refractivity contribution is 6.93. The normalized spacial score (nSPS) is 10.2. The molecule has 0 aromatic rings. The third-order valence-electron chi connectivity index (χ3n) is 1.98. The summed E-state index contributed by atoms with van der Waals surface area (Å²) in [5.41, 5.74) is 5.31. The number of nitrogens with zero attached hydrogens (tertiary/aromatic N) is 1. The number of carbonyl (C=O) groups is 1. The van der Waals surface area contributed by atoms with Gasteiger partial charge >= 0.3 is 6.09 Å². The molecule has 72 valence electrons. The molecule has 0 unspecified atom stereocenters. The van der Waals surface area contributed by atoms with E-state index in [9.17, 15) is 4.79 Å². The SMILES string of the molecule is C=C[Si](C=C)(C=C)CN(C)C(=O)O. The molecule has 0 radical (unpaired) electrons. The second-order valence-corrected chi connectivity index (χ2v) is 6.63. The van der Waals surface area contributed by atoms with Crippen molar-refractivity contribution in [1.82, 2.24) is 4.90 Å². The van der Waals surface area contributed by atoms with Crippen LogP contribution in [0.1, 0.15) is 0 Å². The Kier molecular flexibility index (Phi) is 4.20. The highest BCUT2D eigenvalue weighted by Gasteiger charge is 2.25. The van der Waals surface area contributed by atoms with Crippen molar-refractivity contribution in [2.45, 2.75) is 0 Å². The molecule has 0 aliphatic heterocycles. The van der Waals surface area contributed by atoms with Crippen LogP contribution < -0.4 is 0 Å². The van der Waals surface area contributed by atoms with Gasteiger partial charge in [-0.2, -0.15) is 0 Å². The van der Waals surface area contributed by atoms with Crippen molar-refractivity contribution in [1.29, 1.82) is 0 Å². The molecular formula is C9H15NO2Si. The smallest absolute Gasteiger partial charge is 0.406 e. The summed E-state index contributed by atoms with van der Waals surface area (Å²) in [6, 6.07) is 0. The Morgan fingerprint density at radius 3 is 2.00 bits per heavy atom. The summed E-state index contributed by atoms with van der Waals surface area (Å²) < 4.78 is 0. The lowest BCUT2D eigenvalue weighted by atomic mass is 10.9. The molecule has 0 heterocycles. The Morgan fingerprint density at radius 1 is 1.38 bits per heavy atom. The third-order valence-corrected chi connectivity index (χ3v) is 5.28. The zero-order chi connectivity index (χ0) is 10.5. The molecule has 1 amide bonds. The second-order valence-electron chi connectivity index (χ2n) is 2.86. The van der Waals surface area contributed by atoms with Crippen molar-refractivity contribution in [3.8, 4) is 0 Å². The minimum Gasteiger partial charge on any atom is -0.465 e. The largest absolute Gasteiger partial charge is 0.465 e. The van der Waals surface area contributed by atoms with Gasteiger partial charge in [0, 0.05) is 13.2 Å². The van der Waals surface area contributed by atoms with E-state index in [4.69, 9.17) is 5.11 Å². The van der Waals surface area contributed by atoms with E-state index in [0.29, 0.717) is 6.17 Å². The first-order valence-corrected chi connectivity index (χ1v) is 6.30. The Balaban J connectivity index is 4.60. The summed E-state index contributed by atoms with van der Waals surface area (Å²) in [7, 11) is -0.478. The maximum atomic E-state index is 10.6. The van der Waals surface area contributed by atoms with Gasteiger partial charge in [0.05, 0.1) is 0 Å². The molecule has 0 bridgehead atoms. The molecule has 0 rings (SSSR count). The number of hydrogen-bond acceptors (Lipinski definition) is 1. The highest BCUT2D eigenvalue weighted by atomic mass is 28.3. The molecule has 0 fully saturated rings. The Bertz CT molecular complexity index is 216. The first-order chi connectivity index (χ1) is 6.01. The zero-order valence-electron chi connectivity index (χ0n) is 7.86. The topological polar surface area (TPSA) is 40.5 Å². The summed E-state index contributed by atoms with van der Waals surface area (Å²) in [6.07, 6.45) is -0.513. The minimum atomic E-state index is -2.01. The van der Waals surface area contributed by atoms with Crippen LogP contribution in [0.15, 0.2) is 36.8 Å². The van der Waals surface area contributed by atoms with Crippen LogP contribution in [0.3, 0.4) is 0 Å². The molecule has 1 N–H and O–H groups in total. The molecular weight excluding hydrogens is 182 g/mol. The van der Waals surface area contributed by atoms with Crippen molar-refractivity contribution >= 4 is 14.2 Å². The standard InChI is InChI=1S/C9H15NO2Si/c1-5-13(6-2,7-3)8-10(4)9(11)12/h5-7H,1-3,8H2,4H3,(H,11,12). The highest BCUT2D eigenvalue weighted by Crippen LogP contribution is 2.08. The lowest BCUT2D eigenvalue weighted by molar-refractivity contribution is 0.162. The molecule has 0 spiro atoms.